The van der Waals surface area contributed by atoms with Crippen LogP contribution in [0.25, 0.3) is 0 Å². The molecule has 2 nitrogen and oxygen atoms in total. The van der Waals surface area contributed by atoms with E-state index in [4.69, 9.17) is 0 Å². The summed E-state index contributed by atoms with van der Waals surface area (Å²) in [6, 6.07) is 1.60. The largest absolute Gasteiger partial charge is 0.314 e. The van der Waals surface area contributed by atoms with Crippen molar-refractivity contribution in [2.24, 2.45) is 11.8 Å². The fourth-order valence-corrected chi connectivity index (χ4v) is 2.97. The lowest BCUT2D eigenvalue weighted by Crippen LogP contribution is -2.46. The highest BCUT2D eigenvalue weighted by atomic mass is 15.2. The zero-order valence-corrected chi connectivity index (χ0v) is 11.9. The predicted octanol–water partition coefficient (Wildman–Crippen LogP) is 2.89. The molecule has 0 aromatic rings. The molecule has 1 saturated heterocycles. The molecular formula is C15H30N2. The smallest absolute Gasteiger partial charge is 0.0105 e. The summed E-state index contributed by atoms with van der Waals surface area (Å²) in [5, 5.41) is 3.67. The molecule has 100 valence electrons. The molecule has 0 aromatic heterocycles. The Morgan fingerprint density at radius 1 is 1.24 bits per heavy atom. The molecule has 0 aromatic carbocycles. The zero-order valence-electron chi connectivity index (χ0n) is 11.9. The third-order valence-electron chi connectivity index (χ3n) is 4.83. The van der Waals surface area contributed by atoms with Gasteiger partial charge in [-0.15, -0.1) is 0 Å². The summed E-state index contributed by atoms with van der Waals surface area (Å²) in [4.78, 5) is 2.73. The minimum atomic E-state index is 0.746. The normalized spacial score (nSPS) is 30.2. The fraction of sp³-hybridized carbons (Fsp3) is 1.00. The maximum absolute atomic E-state index is 3.67. The molecule has 3 atom stereocenters. The third kappa shape index (κ3) is 3.96. The number of nitrogens with one attached hydrogen (secondary N) is 1. The monoisotopic (exact) mass is 238 g/mol. The minimum Gasteiger partial charge on any atom is -0.314 e. The molecule has 0 radical (unpaired) electrons. The Labute approximate surface area is 107 Å². The summed E-state index contributed by atoms with van der Waals surface area (Å²) >= 11 is 0. The topological polar surface area (TPSA) is 15.3 Å². The van der Waals surface area contributed by atoms with Crippen LogP contribution in [0.2, 0.25) is 0 Å². The summed E-state index contributed by atoms with van der Waals surface area (Å²) in [7, 11) is 0. The van der Waals surface area contributed by atoms with Gasteiger partial charge in [-0.1, -0.05) is 20.3 Å². The van der Waals surface area contributed by atoms with E-state index in [2.05, 4.69) is 31.0 Å². The van der Waals surface area contributed by atoms with E-state index in [-0.39, 0.29) is 0 Å². The Hall–Kier alpha value is -0.0800. The maximum atomic E-state index is 3.67. The SMILES string of the molecule is CCC1CCCN(C(C)C(C)CNC2CC2)C1. The van der Waals surface area contributed by atoms with Gasteiger partial charge >= 0.3 is 0 Å². The van der Waals surface area contributed by atoms with E-state index in [1.165, 1.54) is 51.7 Å². The van der Waals surface area contributed by atoms with E-state index in [9.17, 15) is 0 Å². The van der Waals surface area contributed by atoms with Gasteiger partial charge in [0.15, 0.2) is 0 Å². The van der Waals surface area contributed by atoms with Gasteiger partial charge in [0.2, 0.25) is 0 Å². The fourth-order valence-electron chi connectivity index (χ4n) is 2.97. The molecule has 0 amide bonds. The summed E-state index contributed by atoms with van der Waals surface area (Å²) < 4.78 is 0. The highest BCUT2D eigenvalue weighted by molar-refractivity contribution is 4.84. The van der Waals surface area contributed by atoms with Crippen LogP contribution >= 0.6 is 0 Å². The van der Waals surface area contributed by atoms with Crippen molar-refractivity contribution in [1.82, 2.24) is 10.2 Å². The Morgan fingerprint density at radius 2 is 2.00 bits per heavy atom. The average molecular weight is 238 g/mol. The number of piperidine rings is 1. The number of rotatable bonds is 6. The van der Waals surface area contributed by atoms with Crippen molar-refractivity contribution in [2.45, 2.75) is 65.0 Å². The van der Waals surface area contributed by atoms with Crippen LogP contribution in [-0.2, 0) is 0 Å². The first-order chi connectivity index (χ1) is 8.20. The molecule has 2 rings (SSSR count). The second-order valence-electron chi connectivity index (χ2n) is 6.31. The minimum absolute atomic E-state index is 0.746. The molecule has 3 unspecified atom stereocenters. The molecule has 2 fully saturated rings. The molecule has 1 aliphatic carbocycles. The highest BCUT2D eigenvalue weighted by Crippen LogP contribution is 2.24. The molecule has 1 aliphatic heterocycles. The average Bonchev–Trinajstić information content (AvgIpc) is 3.19. The summed E-state index contributed by atoms with van der Waals surface area (Å²) in [5.41, 5.74) is 0. The Balaban J connectivity index is 1.74. The van der Waals surface area contributed by atoms with Gasteiger partial charge in [-0.2, -0.15) is 0 Å². The molecule has 0 bridgehead atoms. The Morgan fingerprint density at radius 3 is 2.65 bits per heavy atom. The van der Waals surface area contributed by atoms with Gasteiger partial charge in [0.1, 0.15) is 0 Å². The number of nitrogens with zero attached hydrogens (tertiary/aromatic N) is 1. The lowest BCUT2D eigenvalue weighted by Gasteiger charge is -2.39. The van der Waals surface area contributed by atoms with Crippen LogP contribution in [0.15, 0.2) is 0 Å². The first-order valence-corrected chi connectivity index (χ1v) is 7.68. The van der Waals surface area contributed by atoms with E-state index >= 15 is 0 Å². The first kappa shape index (κ1) is 13.4. The van der Waals surface area contributed by atoms with Crippen molar-refractivity contribution in [3.05, 3.63) is 0 Å². The van der Waals surface area contributed by atoms with Crippen LogP contribution < -0.4 is 5.32 Å². The number of hydrogen-bond donors (Lipinski definition) is 1. The molecule has 0 spiro atoms. The van der Waals surface area contributed by atoms with Crippen molar-refractivity contribution in [2.75, 3.05) is 19.6 Å². The lowest BCUT2D eigenvalue weighted by molar-refractivity contribution is 0.0990. The van der Waals surface area contributed by atoms with Crippen molar-refractivity contribution in [3.63, 3.8) is 0 Å². The van der Waals surface area contributed by atoms with Crippen LogP contribution in [-0.4, -0.2) is 36.6 Å². The second kappa shape index (κ2) is 6.19. The van der Waals surface area contributed by atoms with E-state index in [1.54, 1.807) is 0 Å². The zero-order chi connectivity index (χ0) is 12.3. The van der Waals surface area contributed by atoms with Crippen molar-refractivity contribution >= 4 is 0 Å². The number of hydrogen-bond acceptors (Lipinski definition) is 2. The number of likely N-dealkylation sites (tertiary alicyclic amines) is 1. The molecule has 1 saturated carbocycles. The van der Waals surface area contributed by atoms with Gasteiger partial charge in [0.05, 0.1) is 0 Å². The summed E-state index contributed by atoms with van der Waals surface area (Å²) in [6.07, 6.45) is 7.03. The Bertz CT molecular complexity index is 225. The van der Waals surface area contributed by atoms with E-state index in [1.807, 2.05) is 0 Å². The predicted molar refractivity (Wildman–Crippen MR) is 74.2 cm³/mol. The second-order valence-corrected chi connectivity index (χ2v) is 6.31. The van der Waals surface area contributed by atoms with E-state index < -0.39 is 0 Å². The molecule has 2 aliphatic rings. The van der Waals surface area contributed by atoms with Crippen molar-refractivity contribution in [1.29, 1.82) is 0 Å². The van der Waals surface area contributed by atoms with Gasteiger partial charge in [0.25, 0.3) is 0 Å². The standard InChI is InChI=1S/C15H30N2/c1-4-14-6-5-9-17(11-14)13(3)12(2)10-16-15-7-8-15/h12-16H,4-11H2,1-3H3. The molecular weight excluding hydrogens is 208 g/mol. The van der Waals surface area contributed by atoms with Gasteiger partial charge in [-0.05, 0) is 57.5 Å². The summed E-state index contributed by atoms with van der Waals surface area (Å²) in [5.74, 6) is 1.74. The van der Waals surface area contributed by atoms with Crippen LogP contribution in [0.5, 0.6) is 0 Å². The van der Waals surface area contributed by atoms with Crippen LogP contribution in [0.4, 0.5) is 0 Å². The van der Waals surface area contributed by atoms with Gasteiger partial charge in [-0.25, -0.2) is 0 Å². The van der Waals surface area contributed by atoms with Crippen LogP contribution in [0.1, 0.15) is 52.9 Å². The van der Waals surface area contributed by atoms with Crippen LogP contribution in [0.3, 0.4) is 0 Å². The van der Waals surface area contributed by atoms with Crippen molar-refractivity contribution in [3.8, 4) is 0 Å². The molecule has 2 heteroatoms. The van der Waals surface area contributed by atoms with Crippen LogP contribution in [0, 0.1) is 11.8 Å². The van der Waals surface area contributed by atoms with Crippen molar-refractivity contribution < 1.29 is 0 Å². The first-order valence-electron chi connectivity index (χ1n) is 7.68. The molecule has 1 heterocycles. The van der Waals surface area contributed by atoms with E-state index in [0.717, 1.165) is 23.9 Å². The third-order valence-corrected chi connectivity index (χ3v) is 4.83. The lowest BCUT2D eigenvalue weighted by atomic mass is 9.92. The molecule has 17 heavy (non-hydrogen) atoms. The van der Waals surface area contributed by atoms with Gasteiger partial charge in [0, 0.05) is 18.6 Å². The molecule has 1 N–H and O–H groups in total. The quantitative estimate of drug-likeness (QED) is 0.765. The van der Waals surface area contributed by atoms with Gasteiger partial charge < -0.3 is 10.2 Å². The highest BCUT2D eigenvalue weighted by Gasteiger charge is 2.27. The van der Waals surface area contributed by atoms with E-state index in [0.29, 0.717) is 0 Å². The summed E-state index contributed by atoms with van der Waals surface area (Å²) in [6.45, 7) is 11.1. The maximum Gasteiger partial charge on any atom is 0.0105 e. The van der Waals surface area contributed by atoms with Gasteiger partial charge in [-0.3, -0.25) is 0 Å². The Kier molecular flexibility index (Phi) is 4.87.